The Balaban J connectivity index is 1.48. The molecule has 168 valence electrons. The smallest absolute Gasteiger partial charge is 0.293 e. The highest BCUT2D eigenvalue weighted by Crippen LogP contribution is 2.35. The van der Waals surface area contributed by atoms with E-state index in [2.05, 4.69) is 0 Å². The molecule has 3 aromatic carbocycles. The van der Waals surface area contributed by atoms with E-state index in [1.807, 2.05) is 18.2 Å². The molecular formula is C25H19ClFNO4S. The molecule has 3 aromatic rings. The molecule has 0 radical (unpaired) electrons. The molecule has 1 aliphatic rings. The van der Waals surface area contributed by atoms with Crippen molar-refractivity contribution in [2.45, 2.75) is 13.2 Å². The van der Waals surface area contributed by atoms with Crippen LogP contribution in [-0.4, -0.2) is 23.2 Å². The van der Waals surface area contributed by atoms with Crippen LogP contribution in [-0.2, 0) is 17.9 Å². The zero-order valence-electron chi connectivity index (χ0n) is 17.6. The summed E-state index contributed by atoms with van der Waals surface area (Å²) < 4.78 is 24.4. The van der Waals surface area contributed by atoms with Gasteiger partial charge in [-0.1, -0.05) is 41.9 Å². The van der Waals surface area contributed by atoms with Crippen LogP contribution < -0.4 is 9.47 Å². The van der Waals surface area contributed by atoms with Crippen molar-refractivity contribution in [3.8, 4) is 11.5 Å². The summed E-state index contributed by atoms with van der Waals surface area (Å²) in [6, 6.07) is 18.3. The molecule has 33 heavy (non-hydrogen) atoms. The molecule has 0 N–H and O–H groups in total. The number of benzene rings is 3. The minimum absolute atomic E-state index is 0.0852. The van der Waals surface area contributed by atoms with Crippen LogP contribution >= 0.6 is 23.4 Å². The number of carbonyl (C=O) groups is 2. The molecule has 1 fully saturated rings. The summed E-state index contributed by atoms with van der Waals surface area (Å²) in [6.45, 7) is 0.403. The van der Waals surface area contributed by atoms with Crippen LogP contribution in [0.1, 0.15) is 16.7 Å². The second-order valence-corrected chi connectivity index (χ2v) is 8.65. The minimum Gasteiger partial charge on any atom is -0.493 e. The van der Waals surface area contributed by atoms with Gasteiger partial charge < -0.3 is 9.47 Å². The lowest BCUT2D eigenvalue weighted by Crippen LogP contribution is -2.27. The third-order valence-electron chi connectivity index (χ3n) is 4.90. The lowest BCUT2D eigenvalue weighted by atomic mass is 10.1. The van der Waals surface area contributed by atoms with Crippen molar-refractivity contribution in [3.63, 3.8) is 0 Å². The maximum absolute atomic E-state index is 13.1. The van der Waals surface area contributed by atoms with Gasteiger partial charge in [0.2, 0.25) is 0 Å². The normalized spacial score (nSPS) is 14.8. The van der Waals surface area contributed by atoms with Crippen LogP contribution in [0.4, 0.5) is 9.18 Å². The van der Waals surface area contributed by atoms with Gasteiger partial charge in [-0.15, -0.1) is 0 Å². The standard InChI is InChI=1S/C25H19ClFNO4S/c1-31-22-12-17(7-10-21(22)32-15-18-3-2-4-19(26)11-18)13-23-24(29)28(25(30)33-23)14-16-5-8-20(27)9-6-16/h2-13H,14-15H2,1H3/b23-13-. The number of amides is 2. The Kier molecular flexibility index (Phi) is 7.01. The summed E-state index contributed by atoms with van der Waals surface area (Å²) in [5, 5.41) is 0.260. The van der Waals surface area contributed by atoms with Gasteiger partial charge in [-0.25, -0.2) is 4.39 Å². The van der Waals surface area contributed by atoms with Crippen molar-refractivity contribution < 1.29 is 23.5 Å². The van der Waals surface area contributed by atoms with Gasteiger partial charge in [0.1, 0.15) is 12.4 Å². The van der Waals surface area contributed by atoms with E-state index in [4.69, 9.17) is 21.1 Å². The molecule has 0 saturated carbocycles. The van der Waals surface area contributed by atoms with Gasteiger partial charge in [0.15, 0.2) is 11.5 Å². The molecule has 8 heteroatoms. The Morgan fingerprint density at radius 1 is 1.00 bits per heavy atom. The predicted molar refractivity (Wildman–Crippen MR) is 127 cm³/mol. The van der Waals surface area contributed by atoms with Crippen molar-refractivity contribution in [1.82, 2.24) is 4.90 Å². The van der Waals surface area contributed by atoms with Crippen LogP contribution in [0.2, 0.25) is 5.02 Å². The molecule has 4 rings (SSSR count). The molecule has 5 nitrogen and oxygen atoms in total. The molecule has 0 bridgehead atoms. The number of thioether (sulfide) groups is 1. The Hall–Kier alpha value is -3.29. The fourth-order valence-corrected chi connectivity index (χ4v) is 4.29. The van der Waals surface area contributed by atoms with E-state index in [9.17, 15) is 14.0 Å². The van der Waals surface area contributed by atoms with E-state index in [1.165, 1.54) is 19.2 Å². The molecule has 1 saturated heterocycles. The predicted octanol–water partition coefficient (Wildman–Crippen LogP) is 6.30. The summed E-state index contributed by atoms with van der Waals surface area (Å²) in [4.78, 5) is 26.6. The number of ether oxygens (including phenoxy) is 2. The average Bonchev–Trinajstić information content (AvgIpc) is 3.06. The minimum atomic E-state index is -0.394. The van der Waals surface area contributed by atoms with Gasteiger partial charge in [-0.3, -0.25) is 14.5 Å². The highest BCUT2D eigenvalue weighted by Gasteiger charge is 2.35. The number of halogens is 2. The first-order valence-corrected chi connectivity index (χ1v) is 11.2. The highest BCUT2D eigenvalue weighted by molar-refractivity contribution is 8.18. The van der Waals surface area contributed by atoms with Gasteiger partial charge in [0.25, 0.3) is 11.1 Å². The quantitative estimate of drug-likeness (QED) is 0.369. The Morgan fingerprint density at radius 2 is 1.79 bits per heavy atom. The lowest BCUT2D eigenvalue weighted by Gasteiger charge is -2.12. The first-order chi connectivity index (χ1) is 15.9. The number of carbonyl (C=O) groups excluding carboxylic acids is 2. The fourth-order valence-electron chi connectivity index (χ4n) is 3.24. The number of nitrogens with zero attached hydrogens (tertiary/aromatic N) is 1. The van der Waals surface area contributed by atoms with Crippen LogP contribution in [0.15, 0.2) is 71.6 Å². The van der Waals surface area contributed by atoms with Gasteiger partial charge in [-0.2, -0.15) is 0 Å². The first-order valence-electron chi connectivity index (χ1n) is 9.98. The third-order valence-corrected chi connectivity index (χ3v) is 6.04. The Morgan fingerprint density at radius 3 is 2.52 bits per heavy atom. The van der Waals surface area contributed by atoms with Crippen molar-refractivity contribution in [2.24, 2.45) is 0 Å². The molecule has 0 atom stereocenters. The molecule has 0 unspecified atom stereocenters. The zero-order chi connectivity index (χ0) is 23.4. The monoisotopic (exact) mass is 483 g/mol. The van der Waals surface area contributed by atoms with Crippen molar-refractivity contribution in [3.05, 3.63) is 99.2 Å². The number of hydrogen-bond acceptors (Lipinski definition) is 5. The fraction of sp³-hybridized carbons (Fsp3) is 0.120. The van der Waals surface area contributed by atoms with E-state index in [1.54, 1.807) is 42.5 Å². The number of hydrogen-bond donors (Lipinski definition) is 0. The van der Waals surface area contributed by atoms with Crippen molar-refractivity contribution in [1.29, 1.82) is 0 Å². The summed E-state index contributed by atoms with van der Waals surface area (Å²) in [5.41, 5.74) is 2.28. The molecule has 1 aliphatic heterocycles. The second-order valence-electron chi connectivity index (χ2n) is 7.22. The Bertz CT molecular complexity index is 1230. The van der Waals surface area contributed by atoms with Crippen LogP contribution in [0, 0.1) is 5.82 Å². The largest absolute Gasteiger partial charge is 0.493 e. The van der Waals surface area contributed by atoms with Gasteiger partial charge in [-0.05, 0) is 70.9 Å². The lowest BCUT2D eigenvalue weighted by molar-refractivity contribution is -0.123. The summed E-state index contributed by atoms with van der Waals surface area (Å²) in [5.74, 6) is 0.270. The van der Waals surface area contributed by atoms with E-state index in [0.717, 1.165) is 22.2 Å². The third kappa shape index (κ3) is 5.56. The van der Waals surface area contributed by atoms with E-state index >= 15 is 0 Å². The van der Waals surface area contributed by atoms with Crippen LogP contribution in [0.5, 0.6) is 11.5 Å². The molecule has 0 aromatic heterocycles. The number of rotatable bonds is 7. The molecule has 0 spiro atoms. The van der Waals surface area contributed by atoms with E-state index < -0.39 is 5.91 Å². The van der Waals surface area contributed by atoms with Crippen molar-refractivity contribution in [2.75, 3.05) is 7.11 Å². The second kappa shape index (κ2) is 10.1. The Labute approximate surface area is 199 Å². The van der Waals surface area contributed by atoms with E-state index in [0.29, 0.717) is 39.2 Å². The molecular weight excluding hydrogens is 465 g/mol. The first kappa shape index (κ1) is 22.9. The zero-order valence-corrected chi connectivity index (χ0v) is 19.2. The topological polar surface area (TPSA) is 55.8 Å². The molecule has 1 heterocycles. The SMILES string of the molecule is COc1cc(/C=C2\SC(=O)N(Cc3ccc(F)cc3)C2=O)ccc1OCc1cccc(Cl)c1. The van der Waals surface area contributed by atoms with Gasteiger partial charge in [0, 0.05) is 5.02 Å². The van der Waals surface area contributed by atoms with Gasteiger partial charge >= 0.3 is 0 Å². The van der Waals surface area contributed by atoms with Crippen LogP contribution in [0.25, 0.3) is 6.08 Å². The number of methoxy groups -OCH3 is 1. The van der Waals surface area contributed by atoms with Crippen molar-refractivity contribution >= 4 is 40.6 Å². The van der Waals surface area contributed by atoms with Crippen LogP contribution in [0.3, 0.4) is 0 Å². The maximum Gasteiger partial charge on any atom is 0.293 e. The summed E-state index contributed by atoms with van der Waals surface area (Å²) in [7, 11) is 1.53. The van der Waals surface area contributed by atoms with Gasteiger partial charge in [0.05, 0.1) is 18.6 Å². The summed E-state index contributed by atoms with van der Waals surface area (Å²) >= 11 is 6.88. The summed E-state index contributed by atoms with van der Waals surface area (Å²) in [6.07, 6.45) is 1.64. The average molecular weight is 484 g/mol. The number of imide groups is 1. The molecule has 0 aliphatic carbocycles. The molecule has 2 amide bonds. The highest BCUT2D eigenvalue weighted by atomic mass is 35.5. The maximum atomic E-state index is 13.1. The van der Waals surface area contributed by atoms with E-state index in [-0.39, 0.29) is 17.6 Å².